The number of furan rings is 1. The maximum absolute atomic E-state index is 11.7. The van der Waals surface area contributed by atoms with E-state index in [1.165, 1.54) is 6.26 Å². The molecule has 5 nitrogen and oxygen atoms in total. The largest absolute Gasteiger partial charge is 0.481 e. The van der Waals surface area contributed by atoms with Crippen LogP contribution in [0.5, 0.6) is 0 Å². The van der Waals surface area contributed by atoms with Crippen molar-refractivity contribution in [2.24, 2.45) is 0 Å². The minimum atomic E-state index is -0.889. The minimum Gasteiger partial charge on any atom is -0.481 e. The Morgan fingerprint density at radius 3 is 2.69 bits per heavy atom. The lowest BCUT2D eigenvalue weighted by atomic mass is 9.74. The number of carboxylic acids is 1. The number of hydrogen-bond acceptors (Lipinski definition) is 3. The second-order valence-corrected chi connectivity index (χ2v) is 4.14. The highest BCUT2D eigenvalue weighted by Crippen LogP contribution is 2.35. The summed E-state index contributed by atoms with van der Waals surface area (Å²) in [5, 5.41) is 11.5. The molecule has 1 saturated carbocycles. The monoisotopic (exact) mass is 223 g/mol. The average Bonchev–Trinajstić information content (AvgIpc) is 2.66. The van der Waals surface area contributed by atoms with E-state index in [1.807, 2.05) is 0 Å². The van der Waals surface area contributed by atoms with E-state index in [0.29, 0.717) is 12.8 Å². The Kier molecular flexibility index (Phi) is 2.68. The highest BCUT2D eigenvalue weighted by molar-refractivity contribution is 5.92. The van der Waals surface area contributed by atoms with Gasteiger partial charge in [0.25, 0.3) is 5.91 Å². The van der Waals surface area contributed by atoms with E-state index in [-0.39, 0.29) is 18.1 Å². The molecule has 0 aromatic carbocycles. The summed E-state index contributed by atoms with van der Waals surface area (Å²) in [5.41, 5.74) is -0.574. The van der Waals surface area contributed by atoms with Crippen LogP contribution in [0.4, 0.5) is 0 Å². The lowest BCUT2D eigenvalue weighted by Gasteiger charge is -2.41. The van der Waals surface area contributed by atoms with Gasteiger partial charge in [0.15, 0.2) is 5.76 Å². The molecule has 1 fully saturated rings. The average molecular weight is 223 g/mol. The molecule has 2 rings (SSSR count). The first-order chi connectivity index (χ1) is 7.61. The van der Waals surface area contributed by atoms with Gasteiger partial charge in [-0.25, -0.2) is 0 Å². The molecule has 1 heterocycles. The van der Waals surface area contributed by atoms with Crippen molar-refractivity contribution < 1.29 is 19.1 Å². The molecule has 16 heavy (non-hydrogen) atoms. The predicted octanol–water partition coefficient (Wildman–Crippen LogP) is 1.41. The molecule has 0 spiro atoms. The summed E-state index contributed by atoms with van der Waals surface area (Å²) in [6, 6.07) is 3.18. The number of carbonyl (C=O) groups is 2. The van der Waals surface area contributed by atoms with Gasteiger partial charge >= 0.3 is 5.97 Å². The number of amides is 1. The van der Waals surface area contributed by atoms with Gasteiger partial charge in [-0.2, -0.15) is 0 Å². The highest BCUT2D eigenvalue weighted by Gasteiger charge is 2.40. The molecule has 1 aromatic heterocycles. The predicted molar refractivity (Wildman–Crippen MR) is 55.0 cm³/mol. The van der Waals surface area contributed by atoms with E-state index >= 15 is 0 Å². The van der Waals surface area contributed by atoms with Crippen molar-refractivity contribution in [3.63, 3.8) is 0 Å². The summed E-state index contributed by atoms with van der Waals surface area (Å²) >= 11 is 0. The molecule has 1 amide bonds. The van der Waals surface area contributed by atoms with E-state index in [0.717, 1.165) is 6.42 Å². The Morgan fingerprint density at radius 1 is 1.50 bits per heavy atom. The van der Waals surface area contributed by atoms with Crippen LogP contribution in [-0.2, 0) is 4.79 Å². The first-order valence-corrected chi connectivity index (χ1v) is 5.19. The lowest BCUT2D eigenvalue weighted by molar-refractivity contribution is -0.139. The smallest absolute Gasteiger partial charge is 0.305 e. The fraction of sp³-hybridized carbons (Fsp3) is 0.455. The Morgan fingerprint density at radius 2 is 2.25 bits per heavy atom. The fourth-order valence-electron chi connectivity index (χ4n) is 1.95. The molecule has 0 bridgehead atoms. The lowest BCUT2D eigenvalue weighted by Crippen LogP contribution is -2.54. The second kappa shape index (κ2) is 4.00. The topological polar surface area (TPSA) is 79.5 Å². The van der Waals surface area contributed by atoms with Gasteiger partial charge in [-0.3, -0.25) is 9.59 Å². The van der Waals surface area contributed by atoms with Crippen LogP contribution >= 0.6 is 0 Å². The Bertz CT molecular complexity index is 392. The van der Waals surface area contributed by atoms with Crippen LogP contribution in [0, 0.1) is 0 Å². The van der Waals surface area contributed by atoms with Crippen molar-refractivity contribution in [1.29, 1.82) is 0 Å². The number of aliphatic carboxylic acids is 1. The molecule has 0 aliphatic heterocycles. The highest BCUT2D eigenvalue weighted by atomic mass is 16.4. The van der Waals surface area contributed by atoms with Gasteiger partial charge in [-0.15, -0.1) is 0 Å². The van der Waals surface area contributed by atoms with Gasteiger partial charge in [0.2, 0.25) is 0 Å². The second-order valence-electron chi connectivity index (χ2n) is 4.14. The molecular weight excluding hydrogens is 210 g/mol. The van der Waals surface area contributed by atoms with Crippen molar-refractivity contribution >= 4 is 11.9 Å². The zero-order chi connectivity index (χ0) is 11.6. The van der Waals surface area contributed by atoms with E-state index in [2.05, 4.69) is 5.32 Å². The molecule has 0 atom stereocenters. The van der Waals surface area contributed by atoms with E-state index in [9.17, 15) is 9.59 Å². The van der Waals surface area contributed by atoms with Crippen molar-refractivity contribution in [1.82, 2.24) is 5.32 Å². The summed E-state index contributed by atoms with van der Waals surface area (Å²) in [4.78, 5) is 22.4. The van der Waals surface area contributed by atoms with Crippen molar-refractivity contribution in [3.05, 3.63) is 24.2 Å². The Hall–Kier alpha value is -1.78. The normalized spacial score (nSPS) is 17.5. The van der Waals surface area contributed by atoms with Crippen molar-refractivity contribution in [2.45, 2.75) is 31.2 Å². The summed E-state index contributed by atoms with van der Waals surface area (Å²) in [6.07, 6.45) is 3.77. The van der Waals surface area contributed by atoms with Crippen LogP contribution in [-0.4, -0.2) is 22.5 Å². The van der Waals surface area contributed by atoms with Gasteiger partial charge in [0.1, 0.15) is 0 Å². The molecule has 86 valence electrons. The number of nitrogens with one attached hydrogen (secondary N) is 1. The first kappa shape index (κ1) is 10.7. The van der Waals surface area contributed by atoms with Gasteiger partial charge in [0.05, 0.1) is 18.2 Å². The third-order valence-corrected chi connectivity index (χ3v) is 2.92. The SMILES string of the molecule is O=C(O)CC1(NC(=O)c2ccco2)CCC1. The molecule has 0 unspecified atom stereocenters. The Labute approximate surface area is 92.4 Å². The number of hydrogen-bond donors (Lipinski definition) is 2. The fourth-order valence-corrected chi connectivity index (χ4v) is 1.95. The molecule has 0 radical (unpaired) electrons. The van der Waals surface area contributed by atoms with Gasteiger partial charge in [-0.05, 0) is 31.4 Å². The summed E-state index contributed by atoms with van der Waals surface area (Å²) in [7, 11) is 0. The van der Waals surface area contributed by atoms with Crippen LogP contribution in [0.25, 0.3) is 0 Å². The Balaban J connectivity index is 2.02. The van der Waals surface area contributed by atoms with Gasteiger partial charge < -0.3 is 14.8 Å². The minimum absolute atomic E-state index is 0.0283. The van der Waals surface area contributed by atoms with Crippen molar-refractivity contribution in [3.8, 4) is 0 Å². The third kappa shape index (κ3) is 2.08. The summed E-state index contributed by atoms with van der Waals surface area (Å²) in [5.74, 6) is -1.01. The molecule has 2 N–H and O–H groups in total. The van der Waals surface area contributed by atoms with Crippen LogP contribution in [0.1, 0.15) is 36.2 Å². The molecule has 1 aliphatic carbocycles. The van der Waals surface area contributed by atoms with Crippen LogP contribution in [0.15, 0.2) is 22.8 Å². The maximum Gasteiger partial charge on any atom is 0.305 e. The standard InChI is InChI=1S/C11H13NO4/c13-9(14)7-11(4-2-5-11)12-10(15)8-3-1-6-16-8/h1,3,6H,2,4-5,7H2,(H,12,15)(H,13,14). The first-order valence-electron chi connectivity index (χ1n) is 5.19. The van der Waals surface area contributed by atoms with Gasteiger partial charge in [0, 0.05) is 0 Å². The van der Waals surface area contributed by atoms with Crippen LogP contribution in [0.2, 0.25) is 0 Å². The molecular formula is C11H13NO4. The van der Waals surface area contributed by atoms with E-state index in [4.69, 9.17) is 9.52 Å². The van der Waals surface area contributed by atoms with Gasteiger partial charge in [-0.1, -0.05) is 0 Å². The molecule has 1 aromatic rings. The summed E-state index contributed by atoms with van der Waals surface area (Å²) < 4.78 is 4.96. The molecule has 5 heteroatoms. The summed E-state index contributed by atoms with van der Waals surface area (Å²) in [6.45, 7) is 0. The molecule has 1 aliphatic rings. The third-order valence-electron chi connectivity index (χ3n) is 2.92. The van der Waals surface area contributed by atoms with Crippen molar-refractivity contribution in [2.75, 3.05) is 0 Å². The van der Waals surface area contributed by atoms with Crippen LogP contribution in [0.3, 0.4) is 0 Å². The van der Waals surface area contributed by atoms with Crippen LogP contribution < -0.4 is 5.32 Å². The van der Waals surface area contributed by atoms with E-state index in [1.54, 1.807) is 12.1 Å². The zero-order valence-corrected chi connectivity index (χ0v) is 8.73. The number of carbonyl (C=O) groups excluding carboxylic acids is 1. The maximum atomic E-state index is 11.7. The quantitative estimate of drug-likeness (QED) is 0.808. The molecule has 0 saturated heterocycles. The zero-order valence-electron chi connectivity index (χ0n) is 8.73. The van der Waals surface area contributed by atoms with E-state index < -0.39 is 11.5 Å². The number of rotatable bonds is 4. The number of carboxylic acid groups (broad SMARTS) is 1.